The topological polar surface area (TPSA) is 173 Å². The van der Waals surface area contributed by atoms with E-state index in [1.54, 1.807) is 0 Å². The van der Waals surface area contributed by atoms with E-state index in [2.05, 4.69) is 0 Å². The van der Waals surface area contributed by atoms with Crippen molar-refractivity contribution in [2.45, 2.75) is 37.2 Å². The van der Waals surface area contributed by atoms with E-state index in [1.165, 1.54) is 24.3 Å². The van der Waals surface area contributed by atoms with Gasteiger partial charge in [0.2, 0.25) is 11.5 Å². The number of carbonyl (C=O) groups is 2. The van der Waals surface area contributed by atoms with E-state index in [-0.39, 0.29) is 34.5 Å². The Morgan fingerprint density at radius 2 is 1.14 bits per heavy atom. The van der Waals surface area contributed by atoms with Gasteiger partial charge in [0, 0.05) is 12.1 Å². The third-order valence-electron chi connectivity index (χ3n) is 5.46. The number of hydrogen-bond donors (Lipinski definition) is 0. The molecule has 184 valence electrons. The molecule has 0 heterocycles. The number of hydrogen-bond acceptors (Lipinski definition) is 10. The van der Waals surface area contributed by atoms with Crippen LogP contribution in [0.2, 0.25) is 0 Å². The van der Waals surface area contributed by atoms with Crippen LogP contribution in [0.1, 0.15) is 36.8 Å². The summed E-state index contributed by atoms with van der Waals surface area (Å²) in [5.41, 5.74) is -0.895. The van der Waals surface area contributed by atoms with Gasteiger partial charge in [0.1, 0.15) is 0 Å². The van der Waals surface area contributed by atoms with Crippen LogP contribution in [0.5, 0.6) is 11.5 Å². The summed E-state index contributed by atoms with van der Waals surface area (Å²) in [6.07, 6.45) is 2.63. The molecule has 13 heteroatoms. The predicted octanol–water partition coefficient (Wildman–Crippen LogP) is 3.25. The van der Waals surface area contributed by atoms with Gasteiger partial charge in [-0.2, -0.15) is 0 Å². The quantitative estimate of drug-likeness (QED) is 0.202. The van der Waals surface area contributed by atoms with Gasteiger partial charge in [-0.3, -0.25) is 29.8 Å². The molecule has 0 aromatic heterocycles. The zero-order valence-electron chi connectivity index (χ0n) is 18.2. The minimum absolute atomic E-state index is 0.0902. The molecule has 2 saturated carbocycles. The fraction of sp³-hybridized carbons (Fsp3) is 0.364. The van der Waals surface area contributed by atoms with Crippen molar-refractivity contribution < 1.29 is 37.3 Å². The third kappa shape index (κ3) is 6.18. The lowest BCUT2D eigenvalue weighted by atomic mass is 10.2. The zero-order chi connectivity index (χ0) is 25.3. The van der Waals surface area contributed by atoms with E-state index >= 15 is 0 Å². The van der Waals surface area contributed by atoms with Gasteiger partial charge in [0.15, 0.2) is 9.84 Å². The number of ether oxygens (including phenoxy) is 2. The van der Waals surface area contributed by atoms with Gasteiger partial charge in [-0.25, -0.2) is 8.42 Å². The van der Waals surface area contributed by atoms with Crippen LogP contribution < -0.4 is 9.47 Å². The van der Waals surface area contributed by atoms with E-state index < -0.39 is 54.5 Å². The first kappa shape index (κ1) is 24.3. The molecule has 2 aromatic rings. The van der Waals surface area contributed by atoms with Crippen LogP contribution in [-0.2, 0) is 30.9 Å². The molecule has 2 aliphatic rings. The number of carbonyl (C=O) groups excluding carboxylic acids is 2. The third-order valence-corrected chi connectivity index (χ3v) is 7.00. The van der Waals surface area contributed by atoms with E-state index in [4.69, 9.17) is 9.47 Å². The first-order valence-corrected chi connectivity index (χ1v) is 12.5. The highest BCUT2D eigenvalue weighted by Gasteiger charge is 2.34. The molecule has 0 atom stereocenters. The Labute approximate surface area is 199 Å². The second-order valence-electron chi connectivity index (χ2n) is 8.54. The fourth-order valence-corrected chi connectivity index (χ4v) is 4.82. The van der Waals surface area contributed by atoms with E-state index in [9.17, 15) is 38.2 Å². The van der Waals surface area contributed by atoms with Crippen LogP contribution in [0.3, 0.4) is 0 Å². The second kappa shape index (κ2) is 9.41. The summed E-state index contributed by atoms with van der Waals surface area (Å²) in [4.78, 5) is 45.0. The minimum atomic E-state index is -3.91. The summed E-state index contributed by atoms with van der Waals surface area (Å²) in [6.45, 7) is 0. The number of nitro benzene ring substituents is 2. The van der Waals surface area contributed by atoms with Crippen LogP contribution in [0.25, 0.3) is 0 Å². The molecule has 0 amide bonds. The molecular formula is C22H20N2O10S. The van der Waals surface area contributed by atoms with Gasteiger partial charge in [-0.05, 0) is 48.9 Å². The lowest BCUT2D eigenvalue weighted by molar-refractivity contribution is -0.385. The van der Waals surface area contributed by atoms with Crippen molar-refractivity contribution in [1.82, 2.24) is 0 Å². The van der Waals surface area contributed by atoms with Crippen LogP contribution in [-0.4, -0.2) is 30.2 Å². The maximum atomic E-state index is 12.7. The van der Waals surface area contributed by atoms with Gasteiger partial charge in [0.05, 0.1) is 33.2 Å². The Morgan fingerprint density at radius 3 is 1.46 bits per heavy atom. The predicted molar refractivity (Wildman–Crippen MR) is 119 cm³/mol. The first-order valence-electron chi connectivity index (χ1n) is 10.7. The monoisotopic (exact) mass is 504 g/mol. The average Bonchev–Trinajstić information content (AvgIpc) is 3.68. The maximum absolute atomic E-state index is 12.7. The first-order chi connectivity index (χ1) is 16.5. The van der Waals surface area contributed by atoms with Gasteiger partial charge < -0.3 is 9.47 Å². The Morgan fingerprint density at radius 1 is 0.771 bits per heavy atom. The van der Waals surface area contributed by atoms with Crippen molar-refractivity contribution in [2.24, 2.45) is 11.8 Å². The molecule has 4 rings (SSSR count). The summed E-state index contributed by atoms with van der Waals surface area (Å²) in [6, 6.07) is 7.02. The van der Waals surface area contributed by atoms with Crippen LogP contribution in [0.4, 0.5) is 11.4 Å². The highest BCUT2D eigenvalue weighted by Crippen LogP contribution is 2.36. The van der Waals surface area contributed by atoms with Crippen molar-refractivity contribution in [3.8, 4) is 11.5 Å². The van der Waals surface area contributed by atoms with Crippen LogP contribution in [0, 0.1) is 32.1 Å². The summed E-state index contributed by atoms with van der Waals surface area (Å²) in [7, 11) is -3.91. The number of sulfone groups is 1. The zero-order valence-corrected chi connectivity index (χ0v) is 19.1. The highest BCUT2D eigenvalue weighted by molar-refractivity contribution is 7.89. The van der Waals surface area contributed by atoms with Crippen molar-refractivity contribution in [1.29, 1.82) is 0 Å². The van der Waals surface area contributed by atoms with E-state index in [1.807, 2.05) is 0 Å². The molecule has 2 aliphatic carbocycles. The molecule has 0 spiro atoms. The molecule has 2 aromatic carbocycles. The summed E-state index contributed by atoms with van der Waals surface area (Å²) in [5.74, 6) is -3.39. The van der Waals surface area contributed by atoms with Gasteiger partial charge in [-0.1, -0.05) is 12.1 Å². The standard InChI is InChI=1S/C22H20N2O10S/c25-21(15-3-4-15)33-19-7-1-13(9-17(19)23(27)28)11-35(31,32)12-14-2-8-20(18(10-14)24(29)30)34-22(26)16-5-6-16/h1-2,7-10,15-16H,3-6,11-12H2. The van der Waals surface area contributed by atoms with Crippen molar-refractivity contribution in [3.63, 3.8) is 0 Å². The summed E-state index contributed by atoms with van der Waals surface area (Å²) >= 11 is 0. The second-order valence-corrected chi connectivity index (χ2v) is 10.6. The van der Waals surface area contributed by atoms with Crippen molar-refractivity contribution in [3.05, 3.63) is 67.8 Å². The van der Waals surface area contributed by atoms with Gasteiger partial charge in [-0.15, -0.1) is 0 Å². The van der Waals surface area contributed by atoms with Gasteiger partial charge in [0.25, 0.3) is 0 Å². The van der Waals surface area contributed by atoms with E-state index in [0.717, 1.165) is 12.1 Å². The number of rotatable bonds is 10. The molecule has 0 saturated heterocycles. The molecule has 2 fully saturated rings. The lowest BCUT2D eigenvalue weighted by Gasteiger charge is -2.09. The Kier molecular flexibility index (Phi) is 6.52. The molecule has 35 heavy (non-hydrogen) atoms. The average molecular weight is 504 g/mol. The van der Waals surface area contributed by atoms with Crippen LogP contribution in [0.15, 0.2) is 36.4 Å². The maximum Gasteiger partial charge on any atom is 0.314 e. The molecule has 0 radical (unpaired) electrons. The highest BCUT2D eigenvalue weighted by atomic mass is 32.2. The molecule has 0 bridgehead atoms. The molecule has 0 unspecified atom stereocenters. The molecule has 0 N–H and O–H groups in total. The largest absolute Gasteiger partial charge is 0.419 e. The number of benzene rings is 2. The molecular weight excluding hydrogens is 484 g/mol. The SMILES string of the molecule is O=C(Oc1ccc(CS(=O)(=O)Cc2ccc(OC(=O)C3CC3)c([N+](=O)[O-])c2)cc1[N+](=O)[O-])C1CC1. The molecule has 12 nitrogen and oxygen atoms in total. The summed E-state index contributed by atoms with van der Waals surface area (Å²) in [5, 5.41) is 22.8. The summed E-state index contributed by atoms with van der Waals surface area (Å²) < 4.78 is 35.6. The normalized spacial score (nSPS) is 15.3. The Bertz CT molecular complexity index is 1230. The smallest absolute Gasteiger partial charge is 0.314 e. The Hall–Kier alpha value is -3.87. The van der Waals surface area contributed by atoms with Crippen molar-refractivity contribution >= 4 is 33.2 Å². The number of nitrogens with zero attached hydrogens (tertiary/aromatic N) is 2. The minimum Gasteiger partial charge on any atom is -0.419 e. The van der Waals surface area contributed by atoms with Crippen LogP contribution >= 0.6 is 0 Å². The van der Waals surface area contributed by atoms with Gasteiger partial charge >= 0.3 is 23.3 Å². The van der Waals surface area contributed by atoms with Crippen molar-refractivity contribution in [2.75, 3.05) is 0 Å². The molecule has 0 aliphatic heterocycles. The lowest BCUT2D eigenvalue weighted by Crippen LogP contribution is -2.12. The number of esters is 2. The fourth-order valence-electron chi connectivity index (χ4n) is 3.34. The number of nitro groups is 2. The Balaban J connectivity index is 1.49. The van der Waals surface area contributed by atoms with E-state index in [0.29, 0.717) is 25.7 Å².